The quantitative estimate of drug-likeness (QED) is 0.800. The van der Waals surface area contributed by atoms with Gasteiger partial charge in [-0.25, -0.2) is 0 Å². The lowest BCUT2D eigenvalue weighted by Crippen LogP contribution is -2.18. The summed E-state index contributed by atoms with van der Waals surface area (Å²) in [5, 5.41) is 8.66. The molecule has 1 aromatic rings. The van der Waals surface area contributed by atoms with E-state index in [9.17, 15) is 9.59 Å². The monoisotopic (exact) mass is 206 g/mol. The van der Waals surface area contributed by atoms with Gasteiger partial charge in [-0.2, -0.15) is 0 Å². The van der Waals surface area contributed by atoms with Gasteiger partial charge in [-0.15, -0.1) is 0 Å². The van der Waals surface area contributed by atoms with Crippen LogP contribution >= 0.6 is 0 Å². The zero-order valence-corrected chi connectivity index (χ0v) is 8.64. The molecule has 0 amide bonds. The highest BCUT2D eigenvalue weighted by Gasteiger charge is 2.18. The van der Waals surface area contributed by atoms with Crippen LogP contribution in [0.15, 0.2) is 30.3 Å². The standard InChI is InChI=1S/C12H14O3/c1-9(13)11(8-12(14)15)7-10-5-3-2-4-6-10/h2-6,11H,7-8H2,1H3,(H,14,15). The molecule has 3 heteroatoms. The van der Waals surface area contributed by atoms with Crippen LogP contribution in [0.4, 0.5) is 0 Å². The van der Waals surface area contributed by atoms with Gasteiger partial charge in [0.1, 0.15) is 5.78 Å². The van der Waals surface area contributed by atoms with E-state index in [1.54, 1.807) is 0 Å². The lowest BCUT2D eigenvalue weighted by atomic mass is 9.93. The second-order valence-electron chi connectivity index (χ2n) is 3.60. The summed E-state index contributed by atoms with van der Waals surface area (Å²) in [6, 6.07) is 9.46. The summed E-state index contributed by atoms with van der Waals surface area (Å²) in [5.41, 5.74) is 0.999. The minimum Gasteiger partial charge on any atom is -0.481 e. The SMILES string of the molecule is CC(=O)C(CC(=O)O)Cc1ccccc1. The number of Topliss-reactive ketones (excluding diaryl/α,β-unsaturated/α-hetero) is 1. The van der Waals surface area contributed by atoms with Gasteiger partial charge < -0.3 is 5.11 Å². The molecule has 1 N–H and O–H groups in total. The highest BCUT2D eigenvalue weighted by Crippen LogP contribution is 2.13. The lowest BCUT2D eigenvalue weighted by Gasteiger charge is -2.10. The van der Waals surface area contributed by atoms with Crippen LogP contribution in [0.25, 0.3) is 0 Å². The van der Waals surface area contributed by atoms with Crippen LogP contribution in [-0.4, -0.2) is 16.9 Å². The van der Waals surface area contributed by atoms with Gasteiger partial charge in [0, 0.05) is 5.92 Å². The van der Waals surface area contributed by atoms with Crippen molar-refractivity contribution in [1.82, 2.24) is 0 Å². The van der Waals surface area contributed by atoms with Crippen molar-refractivity contribution in [3.8, 4) is 0 Å². The van der Waals surface area contributed by atoms with Crippen molar-refractivity contribution in [2.24, 2.45) is 5.92 Å². The van der Waals surface area contributed by atoms with Crippen LogP contribution < -0.4 is 0 Å². The first-order chi connectivity index (χ1) is 7.09. The molecule has 1 aromatic carbocycles. The average Bonchev–Trinajstić information content (AvgIpc) is 2.17. The van der Waals surface area contributed by atoms with Gasteiger partial charge in [-0.3, -0.25) is 9.59 Å². The third-order valence-electron chi connectivity index (χ3n) is 2.32. The van der Waals surface area contributed by atoms with Gasteiger partial charge in [0.15, 0.2) is 0 Å². The number of benzene rings is 1. The molecule has 1 atom stereocenters. The number of carbonyl (C=O) groups is 2. The molecule has 0 aromatic heterocycles. The first kappa shape index (κ1) is 11.4. The molecule has 0 aliphatic carbocycles. The summed E-state index contributed by atoms with van der Waals surface area (Å²) in [6.45, 7) is 1.44. The molecule has 0 fully saturated rings. The van der Waals surface area contributed by atoms with E-state index in [0.29, 0.717) is 6.42 Å². The van der Waals surface area contributed by atoms with Crippen molar-refractivity contribution in [3.63, 3.8) is 0 Å². The zero-order valence-electron chi connectivity index (χ0n) is 8.64. The minimum atomic E-state index is -0.925. The molecule has 0 radical (unpaired) electrons. The average molecular weight is 206 g/mol. The summed E-state index contributed by atoms with van der Waals surface area (Å²) in [5.74, 6) is -1.41. The molecule has 80 valence electrons. The van der Waals surface area contributed by atoms with Crippen LogP contribution in [0.1, 0.15) is 18.9 Å². The molecule has 0 saturated carbocycles. The molecule has 3 nitrogen and oxygen atoms in total. The van der Waals surface area contributed by atoms with Crippen LogP contribution in [0.2, 0.25) is 0 Å². The Bertz CT molecular complexity index is 343. The van der Waals surface area contributed by atoms with E-state index in [1.807, 2.05) is 30.3 Å². The molecule has 1 unspecified atom stereocenters. The van der Waals surface area contributed by atoms with Crippen LogP contribution in [0, 0.1) is 5.92 Å². The Kier molecular flexibility index (Phi) is 4.03. The molecule has 1 rings (SSSR count). The van der Waals surface area contributed by atoms with Crippen LogP contribution in [-0.2, 0) is 16.0 Å². The number of carbonyl (C=O) groups excluding carboxylic acids is 1. The number of carboxylic acid groups (broad SMARTS) is 1. The Morgan fingerprint density at radius 1 is 1.27 bits per heavy atom. The van der Waals surface area contributed by atoms with Crippen molar-refractivity contribution >= 4 is 11.8 Å². The van der Waals surface area contributed by atoms with E-state index in [2.05, 4.69) is 0 Å². The molecular weight excluding hydrogens is 192 g/mol. The fraction of sp³-hybridized carbons (Fsp3) is 0.333. The topological polar surface area (TPSA) is 54.4 Å². The van der Waals surface area contributed by atoms with Gasteiger partial charge in [-0.05, 0) is 18.9 Å². The summed E-state index contributed by atoms with van der Waals surface area (Å²) < 4.78 is 0. The van der Waals surface area contributed by atoms with Crippen molar-refractivity contribution in [2.45, 2.75) is 19.8 Å². The van der Waals surface area contributed by atoms with Gasteiger partial charge in [-0.1, -0.05) is 30.3 Å². The number of rotatable bonds is 5. The Morgan fingerprint density at radius 2 is 1.87 bits per heavy atom. The Labute approximate surface area is 88.7 Å². The van der Waals surface area contributed by atoms with E-state index in [0.717, 1.165) is 5.56 Å². The largest absolute Gasteiger partial charge is 0.481 e. The number of aliphatic carboxylic acids is 1. The van der Waals surface area contributed by atoms with E-state index >= 15 is 0 Å². The molecular formula is C12H14O3. The van der Waals surface area contributed by atoms with E-state index in [-0.39, 0.29) is 12.2 Å². The van der Waals surface area contributed by atoms with Crippen LogP contribution in [0.5, 0.6) is 0 Å². The van der Waals surface area contributed by atoms with E-state index in [1.165, 1.54) is 6.92 Å². The Morgan fingerprint density at radius 3 is 2.33 bits per heavy atom. The minimum absolute atomic E-state index is 0.0683. The predicted molar refractivity (Wildman–Crippen MR) is 56.6 cm³/mol. The Hall–Kier alpha value is -1.64. The van der Waals surface area contributed by atoms with Crippen molar-refractivity contribution < 1.29 is 14.7 Å². The molecule has 0 saturated heterocycles. The second kappa shape index (κ2) is 5.29. The molecule has 0 aliphatic heterocycles. The first-order valence-electron chi connectivity index (χ1n) is 4.85. The molecule has 15 heavy (non-hydrogen) atoms. The smallest absolute Gasteiger partial charge is 0.304 e. The van der Waals surface area contributed by atoms with Gasteiger partial charge in [0.05, 0.1) is 6.42 Å². The summed E-state index contributed by atoms with van der Waals surface area (Å²) >= 11 is 0. The molecule has 0 bridgehead atoms. The fourth-order valence-electron chi connectivity index (χ4n) is 1.47. The predicted octanol–water partition coefficient (Wildman–Crippen LogP) is 1.91. The highest BCUT2D eigenvalue weighted by atomic mass is 16.4. The summed E-state index contributed by atoms with van der Waals surface area (Å²) in [4.78, 5) is 21.8. The second-order valence-corrected chi connectivity index (χ2v) is 3.60. The van der Waals surface area contributed by atoms with Crippen LogP contribution in [0.3, 0.4) is 0 Å². The first-order valence-corrected chi connectivity index (χ1v) is 4.85. The van der Waals surface area contributed by atoms with Crippen molar-refractivity contribution in [2.75, 3.05) is 0 Å². The van der Waals surface area contributed by atoms with E-state index < -0.39 is 11.9 Å². The fourth-order valence-corrected chi connectivity index (χ4v) is 1.47. The zero-order chi connectivity index (χ0) is 11.3. The maximum absolute atomic E-state index is 11.2. The number of ketones is 1. The third-order valence-corrected chi connectivity index (χ3v) is 2.32. The van der Waals surface area contributed by atoms with Gasteiger partial charge in [0.2, 0.25) is 0 Å². The highest BCUT2D eigenvalue weighted by molar-refractivity contribution is 5.83. The van der Waals surface area contributed by atoms with Crippen molar-refractivity contribution in [1.29, 1.82) is 0 Å². The maximum atomic E-state index is 11.2. The van der Waals surface area contributed by atoms with E-state index in [4.69, 9.17) is 5.11 Å². The number of carboxylic acids is 1. The normalized spacial score (nSPS) is 12.1. The molecule has 0 spiro atoms. The third kappa shape index (κ3) is 3.94. The lowest BCUT2D eigenvalue weighted by molar-refractivity contribution is -0.140. The Balaban J connectivity index is 2.67. The summed E-state index contributed by atoms with van der Waals surface area (Å²) in [6.07, 6.45) is 0.409. The van der Waals surface area contributed by atoms with Crippen molar-refractivity contribution in [3.05, 3.63) is 35.9 Å². The van der Waals surface area contributed by atoms with Gasteiger partial charge >= 0.3 is 5.97 Å². The number of hydrogen-bond donors (Lipinski definition) is 1. The summed E-state index contributed by atoms with van der Waals surface area (Å²) in [7, 11) is 0. The molecule has 0 heterocycles. The number of hydrogen-bond acceptors (Lipinski definition) is 2. The molecule has 0 aliphatic rings. The maximum Gasteiger partial charge on any atom is 0.304 e. The van der Waals surface area contributed by atoms with Gasteiger partial charge in [0.25, 0.3) is 0 Å².